The Hall–Kier alpha value is 0.546. The number of hydrogen-bond acceptors (Lipinski definition) is 3. The van der Waals surface area contributed by atoms with Crippen molar-refractivity contribution in [2.45, 2.75) is 116 Å². The fourth-order valence-corrected chi connectivity index (χ4v) is 3.82. The molecule has 0 aliphatic rings. The van der Waals surface area contributed by atoms with Crippen molar-refractivity contribution in [3.05, 3.63) is 25.3 Å². The third-order valence-electron chi connectivity index (χ3n) is 5.62. The van der Waals surface area contributed by atoms with E-state index in [0.29, 0.717) is 0 Å². The Kier molecular flexibility index (Phi) is 30.1. The molecular formula is C26H48KNO2. The summed E-state index contributed by atoms with van der Waals surface area (Å²) in [6.45, 7) is 9.41. The Morgan fingerprint density at radius 2 is 0.900 bits per heavy atom. The van der Waals surface area contributed by atoms with Gasteiger partial charge in [0.15, 0.2) is 0 Å². The van der Waals surface area contributed by atoms with Gasteiger partial charge in [0.25, 0.3) is 0 Å². The van der Waals surface area contributed by atoms with E-state index in [1.165, 1.54) is 89.9 Å². The first-order chi connectivity index (χ1) is 14.2. The zero-order valence-corrected chi connectivity index (χ0v) is 23.3. The molecule has 0 saturated heterocycles. The van der Waals surface area contributed by atoms with Gasteiger partial charge in [-0.15, -0.1) is 13.2 Å². The van der Waals surface area contributed by atoms with Crippen molar-refractivity contribution in [3.63, 3.8) is 0 Å². The van der Waals surface area contributed by atoms with Crippen molar-refractivity contribution in [2.75, 3.05) is 19.6 Å². The SMILES string of the molecule is C=CCCCCCCCCCCN(CCCCCCCCCCC=C)CC(=O)[O-].[K+]. The number of carbonyl (C=O) groups excluding carboxylic acids is 1. The number of aliphatic carboxylic acids is 1. The van der Waals surface area contributed by atoms with Crippen LogP contribution >= 0.6 is 0 Å². The molecule has 0 unspecified atom stereocenters. The summed E-state index contributed by atoms with van der Waals surface area (Å²) in [6, 6.07) is 0. The van der Waals surface area contributed by atoms with Gasteiger partial charge in [0, 0.05) is 6.54 Å². The summed E-state index contributed by atoms with van der Waals surface area (Å²) in [5, 5.41) is 11.0. The second-order valence-corrected chi connectivity index (χ2v) is 8.46. The first kappa shape index (κ1) is 32.7. The van der Waals surface area contributed by atoms with Gasteiger partial charge in [0.1, 0.15) is 0 Å². The van der Waals surface area contributed by atoms with Crippen LogP contribution in [0, 0.1) is 0 Å². The second kappa shape index (κ2) is 27.6. The molecule has 0 aromatic carbocycles. The van der Waals surface area contributed by atoms with Crippen LogP contribution in [0.2, 0.25) is 0 Å². The summed E-state index contributed by atoms with van der Waals surface area (Å²) in [5.41, 5.74) is 0. The maximum absolute atomic E-state index is 11.0. The molecule has 30 heavy (non-hydrogen) atoms. The van der Waals surface area contributed by atoms with Crippen molar-refractivity contribution in [1.29, 1.82) is 0 Å². The van der Waals surface area contributed by atoms with E-state index in [0.717, 1.165) is 38.8 Å². The quantitative estimate of drug-likeness (QED) is 0.130. The van der Waals surface area contributed by atoms with Crippen LogP contribution in [0.15, 0.2) is 25.3 Å². The number of allylic oxidation sites excluding steroid dienone is 2. The third kappa shape index (κ3) is 26.6. The molecule has 0 amide bonds. The molecule has 0 saturated carbocycles. The summed E-state index contributed by atoms with van der Waals surface area (Å²) < 4.78 is 0. The number of carbonyl (C=O) groups is 1. The van der Waals surface area contributed by atoms with E-state index in [2.05, 4.69) is 18.1 Å². The summed E-state index contributed by atoms with van der Waals surface area (Å²) in [5.74, 6) is -0.941. The number of carboxylic acids is 1. The maximum Gasteiger partial charge on any atom is 1.00 e. The van der Waals surface area contributed by atoms with Gasteiger partial charge in [-0.2, -0.15) is 0 Å². The molecule has 0 aromatic heterocycles. The van der Waals surface area contributed by atoms with E-state index < -0.39 is 5.97 Å². The van der Waals surface area contributed by atoms with Gasteiger partial charge in [0.05, 0.1) is 5.97 Å². The minimum absolute atomic E-state index is 0. The van der Waals surface area contributed by atoms with Gasteiger partial charge in [-0.3, -0.25) is 4.90 Å². The summed E-state index contributed by atoms with van der Waals surface area (Å²) in [4.78, 5) is 13.1. The van der Waals surface area contributed by atoms with Crippen molar-refractivity contribution in [1.82, 2.24) is 4.90 Å². The average molecular weight is 446 g/mol. The van der Waals surface area contributed by atoms with Crippen molar-refractivity contribution in [2.24, 2.45) is 0 Å². The standard InChI is InChI=1S/C26H49NO2.K/c1-3-5-7-9-11-13-15-17-19-21-23-27(25-26(28)29)24-22-20-18-16-14-12-10-8-6-4-2;/h3-4H,1-2,5-25H2,(H,28,29);/q;+1/p-1. The van der Waals surface area contributed by atoms with Gasteiger partial charge in [-0.05, 0) is 51.6 Å². The summed E-state index contributed by atoms with van der Waals surface area (Å²) >= 11 is 0. The molecule has 0 heterocycles. The van der Waals surface area contributed by atoms with Crippen molar-refractivity contribution < 1.29 is 61.3 Å². The largest absolute Gasteiger partial charge is 1.00 e. The van der Waals surface area contributed by atoms with E-state index in [1.54, 1.807) is 0 Å². The molecule has 4 heteroatoms. The van der Waals surface area contributed by atoms with Gasteiger partial charge in [-0.25, -0.2) is 0 Å². The fourth-order valence-electron chi connectivity index (χ4n) is 3.82. The van der Waals surface area contributed by atoms with Crippen LogP contribution in [0.1, 0.15) is 116 Å². The van der Waals surface area contributed by atoms with E-state index in [9.17, 15) is 9.90 Å². The van der Waals surface area contributed by atoms with Crippen molar-refractivity contribution >= 4 is 5.97 Å². The molecule has 0 rings (SSSR count). The number of nitrogens with zero attached hydrogens (tertiary/aromatic N) is 1. The van der Waals surface area contributed by atoms with Crippen LogP contribution in [0.3, 0.4) is 0 Å². The van der Waals surface area contributed by atoms with Gasteiger partial charge >= 0.3 is 51.4 Å². The van der Waals surface area contributed by atoms with Crippen LogP contribution in [-0.4, -0.2) is 30.5 Å². The molecule has 0 aliphatic heterocycles. The smallest absolute Gasteiger partial charge is 0.549 e. The topological polar surface area (TPSA) is 43.4 Å². The van der Waals surface area contributed by atoms with Crippen molar-refractivity contribution in [3.8, 4) is 0 Å². The molecule has 0 fully saturated rings. The van der Waals surface area contributed by atoms with Gasteiger partial charge in [-0.1, -0.05) is 89.2 Å². The molecular weight excluding hydrogens is 397 g/mol. The Morgan fingerprint density at radius 3 is 1.20 bits per heavy atom. The Morgan fingerprint density at radius 1 is 0.600 bits per heavy atom. The monoisotopic (exact) mass is 445 g/mol. The summed E-state index contributed by atoms with van der Waals surface area (Å²) in [7, 11) is 0. The van der Waals surface area contributed by atoms with Crippen LogP contribution in [-0.2, 0) is 4.79 Å². The Balaban J connectivity index is 0. The molecule has 0 bridgehead atoms. The number of rotatable bonds is 24. The zero-order valence-electron chi connectivity index (χ0n) is 20.2. The third-order valence-corrected chi connectivity index (χ3v) is 5.62. The second-order valence-electron chi connectivity index (χ2n) is 8.46. The Labute approximate surface area is 230 Å². The molecule has 0 spiro atoms. The normalized spacial score (nSPS) is 10.7. The van der Waals surface area contributed by atoms with E-state index in [4.69, 9.17) is 0 Å². The number of hydrogen-bond donors (Lipinski definition) is 0. The predicted molar refractivity (Wildman–Crippen MR) is 125 cm³/mol. The molecule has 3 nitrogen and oxygen atoms in total. The molecule has 0 atom stereocenters. The van der Waals surface area contributed by atoms with Gasteiger partial charge in [0.2, 0.25) is 0 Å². The Bertz CT molecular complexity index is 359. The minimum atomic E-state index is -0.941. The molecule has 0 aliphatic carbocycles. The van der Waals surface area contributed by atoms with Crippen LogP contribution in [0.4, 0.5) is 0 Å². The van der Waals surface area contributed by atoms with Crippen LogP contribution < -0.4 is 56.5 Å². The number of carboxylic acid groups (broad SMARTS) is 1. The van der Waals surface area contributed by atoms with Crippen LogP contribution in [0.5, 0.6) is 0 Å². The molecule has 170 valence electrons. The minimum Gasteiger partial charge on any atom is -0.549 e. The first-order valence-electron chi connectivity index (χ1n) is 12.3. The zero-order chi connectivity index (χ0) is 21.4. The average Bonchev–Trinajstić information content (AvgIpc) is 2.70. The maximum atomic E-state index is 11.0. The number of unbranched alkanes of at least 4 members (excludes halogenated alkanes) is 16. The van der Waals surface area contributed by atoms with Gasteiger partial charge < -0.3 is 9.90 Å². The first-order valence-corrected chi connectivity index (χ1v) is 12.3. The van der Waals surface area contributed by atoms with Crippen LogP contribution in [0.25, 0.3) is 0 Å². The fraction of sp³-hybridized carbons (Fsp3) is 0.808. The molecule has 0 radical (unpaired) electrons. The van der Waals surface area contributed by atoms with E-state index in [-0.39, 0.29) is 57.9 Å². The van der Waals surface area contributed by atoms with E-state index in [1.807, 2.05) is 12.2 Å². The van der Waals surface area contributed by atoms with E-state index >= 15 is 0 Å². The summed E-state index contributed by atoms with van der Waals surface area (Å²) in [6.07, 6.45) is 26.6. The predicted octanol–water partition coefficient (Wildman–Crippen LogP) is 3.44. The molecule has 0 aromatic rings. The molecule has 0 N–H and O–H groups in total.